The van der Waals surface area contributed by atoms with Crippen molar-refractivity contribution in [1.29, 1.82) is 0 Å². The third kappa shape index (κ3) is 9.14. The Hall–Kier alpha value is -0.770. The van der Waals surface area contributed by atoms with Crippen molar-refractivity contribution >= 4 is 0 Å². The van der Waals surface area contributed by atoms with E-state index < -0.39 is 0 Å². The summed E-state index contributed by atoms with van der Waals surface area (Å²) < 4.78 is 4.94. The van der Waals surface area contributed by atoms with Gasteiger partial charge >= 0.3 is 0 Å². The zero-order valence-electron chi connectivity index (χ0n) is 8.44. The minimum atomic E-state index is 0.588. The second-order valence-corrected chi connectivity index (χ2v) is 2.96. The smallest absolute Gasteiger partial charge is 0.0474 e. The van der Waals surface area contributed by atoms with Gasteiger partial charge in [0.05, 0.1) is 0 Å². The Balaban J connectivity index is 3.19. The van der Waals surface area contributed by atoms with Crippen molar-refractivity contribution in [1.82, 2.24) is 4.90 Å². The second kappa shape index (κ2) is 9.32. The first-order chi connectivity index (χ1) is 6.31. The van der Waals surface area contributed by atoms with E-state index in [1.807, 2.05) is 0 Å². The average molecular weight is 186 g/mol. The van der Waals surface area contributed by atoms with Gasteiger partial charge in [0, 0.05) is 31.7 Å². The molecule has 0 spiro atoms. The summed E-state index contributed by atoms with van der Waals surface area (Å²) in [4.78, 5) is 4.91. The molecule has 0 aromatic heterocycles. The van der Waals surface area contributed by atoms with Gasteiger partial charge < -0.3 is 9.64 Å². The predicted octanol–water partition coefficient (Wildman–Crippen LogP) is 1.66. The van der Waals surface area contributed by atoms with Crippen molar-refractivity contribution in [3.8, 4) is 0 Å². The largest absolute Gasteiger partial charge is 0.385 e. The lowest BCUT2D eigenvalue weighted by Gasteiger charge is -2.14. The standard InChI is InChI=1S/C8H18N4O/c1-12(7-4-8-13-2)6-3-5-10-11-9/h3-8H2,1-2H3. The molecule has 0 bridgehead atoms. The van der Waals surface area contributed by atoms with Crippen LogP contribution in [0.3, 0.4) is 0 Å². The van der Waals surface area contributed by atoms with Crippen molar-refractivity contribution in [3.63, 3.8) is 0 Å². The van der Waals surface area contributed by atoms with Gasteiger partial charge in [-0.15, -0.1) is 0 Å². The molecule has 76 valence electrons. The monoisotopic (exact) mass is 186 g/mol. The van der Waals surface area contributed by atoms with Gasteiger partial charge in [-0.05, 0) is 32.0 Å². The Bertz CT molecular complexity index is 156. The van der Waals surface area contributed by atoms with Crippen molar-refractivity contribution in [2.45, 2.75) is 12.8 Å². The molecule has 0 aliphatic carbocycles. The molecule has 13 heavy (non-hydrogen) atoms. The van der Waals surface area contributed by atoms with Gasteiger partial charge in [0.2, 0.25) is 0 Å². The highest BCUT2D eigenvalue weighted by molar-refractivity contribution is 4.54. The molecule has 0 fully saturated rings. The first-order valence-corrected chi connectivity index (χ1v) is 4.49. The minimum absolute atomic E-state index is 0.588. The number of ether oxygens (including phenoxy) is 1. The van der Waals surface area contributed by atoms with Gasteiger partial charge in [-0.3, -0.25) is 0 Å². The molecule has 5 heteroatoms. The fraction of sp³-hybridized carbons (Fsp3) is 1.00. The summed E-state index contributed by atoms with van der Waals surface area (Å²) in [7, 11) is 3.77. The highest BCUT2D eigenvalue weighted by Gasteiger charge is 1.96. The van der Waals surface area contributed by atoms with Crippen LogP contribution < -0.4 is 0 Å². The van der Waals surface area contributed by atoms with Crippen LogP contribution in [0.1, 0.15) is 12.8 Å². The average Bonchev–Trinajstić information content (AvgIpc) is 2.13. The van der Waals surface area contributed by atoms with Crippen LogP contribution in [-0.2, 0) is 4.74 Å². The number of methoxy groups -OCH3 is 1. The molecule has 0 N–H and O–H groups in total. The van der Waals surface area contributed by atoms with Crippen LogP contribution in [0.4, 0.5) is 0 Å². The summed E-state index contributed by atoms with van der Waals surface area (Å²) in [6.45, 7) is 3.40. The molecule has 0 amide bonds. The highest BCUT2D eigenvalue weighted by Crippen LogP contribution is 1.91. The molecule has 0 aliphatic rings. The number of nitrogens with zero attached hydrogens (tertiary/aromatic N) is 4. The molecule has 5 nitrogen and oxygen atoms in total. The third-order valence-corrected chi connectivity index (χ3v) is 1.75. The Morgan fingerprint density at radius 2 is 2.08 bits per heavy atom. The maximum atomic E-state index is 8.03. The zero-order valence-corrected chi connectivity index (χ0v) is 8.44. The van der Waals surface area contributed by atoms with Crippen molar-refractivity contribution in [2.24, 2.45) is 5.11 Å². The van der Waals surface area contributed by atoms with E-state index in [-0.39, 0.29) is 0 Å². The molecule has 0 aliphatic heterocycles. The van der Waals surface area contributed by atoms with Gasteiger partial charge in [0.1, 0.15) is 0 Å². The number of azide groups is 1. The molecule has 0 radical (unpaired) electrons. The summed E-state index contributed by atoms with van der Waals surface area (Å²) in [6.07, 6.45) is 1.97. The van der Waals surface area contributed by atoms with E-state index in [0.29, 0.717) is 6.54 Å². The van der Waals surface area contributed by atoms with Crippen LogP contribution in [0, 0.1) is 0 Å². The Labute approximate surface area is 79.3 Å². The lowest BCUT2D eigenvalue weighted by molar-refractivity contribution is 0.179. The van der Waals surface area contributed by atoms with Crippen molar-refractivity contribution in [3.05, 3.63) is 10.4 Å². The Morgan fingerprint density at radius 3 is 2.69 bits per heavy atom. The van der Waals surface area contributed by atoms with E-state index in [9.17, 15) is 0 Å². The van der Waals surface area contributed by atoms with Gasteiger partial charge in [-0.1, -0.05) is 5.11 Å². The fourth-order valence-corrected chi connectivity index (χ4v) is 1.05. The van der Waals surface area contributed by atoms with E-state index in [0.717, 1.165) is 32.5 Å². The molecule has 0 saturated heterocycles. The molecule has 0 atom stereocenters. The molecule has 0 aromatic carbocycles. The van der Waals surface area contributed by atoms with Crippen LogP contribution in [-0.4, -0.2) is 45.3 Å². The molecule has 0 heterocycles. The summed E-state index contributed by atoms with van der Waals surface area (Å²) in [5, 5.41) is 3.47. The maximum Gasteiger partial charge on any atom is 0.0474 e. The van der Waals surface area contributed by atoms with E-state index in [1.165, 1.54) is 0 Å². The maximum absolute atomic E-state index is 8.03. The molecular formula is C8H18N4O. The van der Waals surface area contributed by atoms with Crippen LogP contribution >= 0.6 is 0 Å². The van der Waals surface area contributed by atoms with E-state index in [2.05, 4.69) is 22.0 Å². The van der Waals surface area contributed by atoms with E-state index >= 15 is 0 Å². The lowest BCUT2D eigenvalue weighted by Crippen LogP contribution is -2.22. The topological polar surface area (TPSA) is 61.2 Å². The van der Waals surface area contributed by atoms with Gasteiger partial charge in [0.15, 0.2) is 0 Å². The van der Waals surface area contributed by atoms with Crippen molar-refractivity contribution < 1.29 is 4.74 Å². The van der Waals surface area contributed by atoms with Crippen LogP contribution in [0.25, 0.3) is 10.4 Å². The number of hydrogen-bond acceptors (Lipinski definition) is 3. The van der Waals surface area contributed by atoms with Crippen LogP contribution in [0.15, 0.2) is 5.11 Å². The minimum Gasteiger partial charge on any atom is -0.385 e. The first kappa shape index (κ1) is 12.2. The summed E-state index contributed by atoms with van der Waals surface area (Å²) in [5.41, 5.74) is 8.03. The highest BCUT2D eigenvalue weighted by atomic mass is 16.5. The SMILES string of the molecule is COCCCN(C)CCCN=[N+]=[N-]. The number of hydrogen-bond donors (Lipinski definition) is 0. The molecule has 0 rings (SSSR count). The van der Waals surface area contributed by atoms with Gasteiger partial charge in [-0.25, -0.2) is 0 Å². The number of rotatable bonds is 8. The fourth-order valence-electron chi connectivity index (χ4n) is 1.05. The zero-order chi connectivity index (χ0) is 9.94. The Kier molecular flexibility index (Phi) is 8.77. The van der Waals surface area contributed by atoms with Crippen LogP contribution in [0.5, 0.6) is 0 Å². The quantitative estimate of drug-likeness (QED) is 0.250. The predicted molar refractivity (Wildman–Crippen MR) is 52.6 cm³/mol. The molecular weight excluding hydrogens is 168 g/mol. The molecule has 0 aromatic rings. The summed E-state index contributed by atoms with van der Waals surface area (Å²) in [6, 6.07) is 0. The van der Waals surface area contributed by atoms with Gasteiger partial charge in [-0.2, -0.15) is 0 Å². The molecule has 0 unspecified atom stereocenters. The second-order valence-electron chi connectivity index (χ2n) is 2.96. The van der Waals surface area contributed by atoms with Crippen molar-refractivity contribution in [2.75, 3.05) is 40.4 Å². The lowest BCUT2D eigenvalue weighted by atomic mass is 10.3. The normalized spacial score (nSPS) is 10.1. The van der Waals surface area contributed by atoms with E-state index in [1.54, 1.807) is 7.11 Å². The van der Waals surface area contributed by atoms with Crippen LogP contribution in [0.2, 0.25) is 0 Å². The van der Waals surface area contributed by atoms with Gasteiger partial charge in [0.25, 0.3) is 0 Å². The third-order valence-electron chi connectivity index (χ3n) is 1.75. The van der Waals surface area contributed by atoms with E-state index in [4.69, 9.17) is 10.3 Å². The molecule has 0 saturated carbocycles. The summed E-state index contributed by atoms with van der Waals surface area (Å²) >= 11 is 0. The first-order valence-electron chi connectivity index (χ1n) is 4.49. The summed E-state index contributed by atoms with van der Waals surface area (Å²) in [5.74, 6) is 0. The Morgan fingerprint density at radius 1 is 1.38 bits per heavy atom.